The molecule has 2 aliphatic heterocycles. The molecule has 0 aromatic carbocycles. The van der Waals surface area contributed by atoms with Gasteiger partial charge in [-0.15, -0.1) is 11.3 Å². The number of likely N-dealkylation sites (tertiary alicyclic amines) is 1. The summed E-state index contributed by atoms with van der Waals surface area (Å²) in [5.41, 5.74) is 0.626. The SMILES string of the molecule is Cc1c(C(=O)N2CCCC(C(=O)O)C2)sc2nc3n(c(=O)c12)CCCCC3. The third-order valence-corrected chi connectivity index (χ3v) is 6.84. The Labute approximate surface area is 160 Å². The Morgan fingerprint density at radius 3 is 2.78 bits per heavy atom. The predicted molar refractivity (Wildman–Crippen MR) is 102 cm³/mol. The van der Waals surface area contributed by atoms with Crippen LogP contribution in [-0.2, 0) is 17.8 Å². The van der Waals surface area contributed by atoms with Gasteiger partial charge in [0.2, 0.25) is 0 Å². The molecule has 2 aromatic rings. The maximum atomic E-state index is 13.1. The van der Waals surface area contributed by atoms with Crippen LogP contribution < -0.4 is 5.56 Å². The summed E-state index contributed by atoms with van der Waals surface area (Å²) in [7, 11) is 0. The number of amides is 1. The van der Waals surface area contributed by atoms with Gasteiger partial charge in [0.05, 0.1) is 16.2 Å². The van der Waals surface area contributed by atoms with Crippen LogP contribution in [0.15, 0.2) is 4.79 Å². The molecule has 1 saturated heterocycles. The zero-order chi connectivity index (χ0) is 19.1. The molecule has 4 heterocycles. The van der Waals surface area contributed by atoms with Gasteiger partial charge in [-0.25, -0.2) is 4.98 Å². The van der Waals surface area contributed by atoms with E-state index in [2.05, 4.69) is 0 Å². The molecule has 0 radical (unpaired) electrons. The number of hydrogen-bond acceptors (Lipinski definition) is 5. The van der Waals surface area contributed by atoms with Gasteiger partial charge >= 0.3 is 5.97 Å². The molecule has 1 N–H and O–H groups in total. The fraction of sp³-hybridized carbons (Fsp3) is 0.579. The van der Waals surface area contributed by atoms with Gasteiger partial charge in [-0.2, -0.15) is 0 Å². The minimum Gasteiger partial charge on any atom is -0.481 e. The number of aromatic nitrogens is 2. The van der Waals surface area contributed by atoms with Gasteiger partial charge in [0.15, 0.2) is 0 Å². The summed E-state index contributed by atoms with van der Waals surface area (Å²) in [4.78, 5) is 44.8. The predicted octanol–water partition coefficient (Wildman–Crippen LogP) is 2.43. The molecular weight excluding hydrogens is 366 g/mol. The molecule has 27 heavy (non-hydrogen) atoms. The number of carboxylic acid groups (broad SMARTS) is 1. The molecule has 0 bridgehead atoms. The molecule has 2 aliphatic rings. The highest BCUT2D eigenvalue weighted by atomic mass is 32.1. The summed E-state index contributed by atoms with van der Waals surface area (Å²) in [6.07, 6.45) is 5.16. The van der Waals surface area contributed by atoms with E-state index < -0.39 is 11.9 Å². The van der Waals surface area contributed by atoms with Crippen molar-refractivity contribution in [2.45, 2.75) is 52.0 Å². The molecule has 1 fully saturated rings. The smallest absolute Gasteiger partial charge is 0.308 e. The first-order valence-corrected chi connectivity index (χ1v) is 10.3. The van der Waals surface area contributed by atoms with E-state index in [0.29, 0.717) is 46.6 Å². The lowest BCUT2D eigenvalue weighted by Gasteiger charge is -2.30. The van der Waals surface area contributed by atoms with Crippen molar-refractivity contribution in [2.75, 3.05) is 13.1 Å². The van der Waals surface area contributed by atoms with Crippen molar-refractivity contribution in [1.29, 1.82) is 0 Å². The van der Waals surface area contributed by atoms with Gasteiger partial charge in [-0.3, -0.25) is 19.0 Å². The first-order valence-electron chi connectivity index (χ1n) is 9.52. The Hall–Kier alpha value is -2.22. The molecule has 1 unspecified atom stereocenters. The number of hydrogen-bond donors (Lipinski definition) is 1. The van der Waals surface area contributed by atoms with Crippen molar-refractivity contribution in [2.24, 2.45) is 5.92 Å². The van der Waals surface area contributed by atoms with E-state index in [9.17, 15) is 19.5 Å². The van der Waals surface area contributed by atoms with Crippen molar-refractivity contribution in [3.8, 4) is 0 Å². The largest absolute Gasteiger partial charge is 0.481 e. The van der Waals surface area contributed by atoms with Crippen molar-refractivity contribution in [1.82, 2.24) is 14.5 Å². The number of nitrogens with zero attached hydrogens (tertiary/aromatic N) is 3. The first kappa shape index (κ1) is 18.2. The standard InChI is InChI=1S/C19H23N3O4S/c1-11-14-16(20-13-7-3-2-4-9-22(13)17(14)23)27-15(11)18(24)21-8-5-6-12(10-21)19(25)26/h12H,2-10H2,1H3,(H,25,26). The Balaban J connectivity index is 1.73. The highest BCUT2D eigenvalue weighted by Gasteiger charge is 2.31. The summed E-state index contributed by atoms with van der Waals surface area (Å²) < 4.78 is 1.77. The van der Waals surface area contributed by atoms with E-state index in [0.717, 1.165) is 31.5 Å². The zero-order valence-electron chi connectivity index (χ0n) is 15.4. The van der Waals surface area contributed by atoms with Gasteiger partial charge in [0.25, 0.3) is 11.5 Å². The van der Waals surface area contributed by atoms with Gasteiger partial charge in [-0.05, 0) is 38.2 Å². The Bertz CT molecular complexity index is 977. The number of rotatable bonds is 2. The molecule has 1 amide bonds. The summed E-state index contributed by atoms with van der Waals surface area (Å²) in [5, 5.41) is 9.81. The number of carbonyl (C=O) groups is 2. The molecule has 2 aromatic heterocycles. The normalized spacial score (nSPS) is 20.3. The van der Waals surface area contributed by atoms with Crippen LogP contribution in [-0.4, -0.2) is 44.5 Å². The number of carboxylic acids is 1. The van der Waals surface area contributed by atoms with Gasteiger partial charge in [0, 0.05) is 26.1 Å². The Morgan fingerprint density at radius 2 is 2.00 bits per heavy atom. The average Bonchev–Trinajstić information content (AvgIpc) is 2.83. The molecule has 4 rings (SSSR count). The van der Waals surface area contributed by atoms with Gasteiger partial charge in [0.1, 0.15) is 10.7 Å². The van der Waals surface area contributed by atoms with Crippen LogP contribution in [0, 0.1) is 12.8 Å². The van der Waals surface area contributed by atoms with Crippen LogP contribution in [0.25, 0.3) is 10.2 Å². The van der Waals surface area contributed by atoms with E-state index in [-0.39, 0.29) is 18.0 Å². The number of thiophene rings is 1. The maximum Gasteiger partial charge on any atom is 0.308 e. The number of fused-ring (bicyclic) bond motifs is 2. The number of aliphatic carboxylic acids is 1. The van der Waals surface area contributed by atoms with E-state index in [1.807, 2.05) is 0 Å². The molecule has 0 saturated carbocycles. The van der Waals surface area contributed by atoms with Crippen LogP contribution in [0.1, 0.15) is 53.2 Å². The zero-order valence-corrected chi connectivity index (χ0v) is 16.2. The quantitative estimate of drug-likeness (QED) is 0.852. The van der Waals surface area contributed by atoms with Gasteiger partial charge < -0.3 is 10.0 Å². The highest BCUT2D eigenvalue weighted by molar-refractivity contribution is 7.20. The first-order chi connectivity index (χ1) is 13.0. The minimum atomic E-state index is -0.857. The van der Waals surface area contributed by atoms with Crippen molar-refractivity contribution < 1.29 is 14.7 Å². The van der Waals surface area contributed by atoms with Crippen molar-refractivity contribution in [3.05, 3.63) is 26.6 Å². The topological polar surface area (TPSA) is 92.5 Å². The maximum absolute atomic E-state index is 13.1. The molecule has 8 heteroatoms. The van der Waals surface area contributed by atoms with Crippen molar-refractivity contribution in [3.63, 3.8) is 0 Å². The monoisotopic (exact) mass is 389 g/mol. The van der Waals surface area contributed by atoms with Crippen LogP contribution in [0.3, 0.4) is 0 Å². The van der Waals surface area contributed by atoms with Crippen LogP contribution in [0.5, 0.6) is 0 Å². The number of aryl methyl sites for hydroxylation is 2. The fourth-order valence-corrected chi connectivity index (χ4v) is 5.28. The van der Waals surface area contributed by atoms with Crippen LogP contribution >= 0.6 is 11.3 Å². The average molecular weight is 389 g/mol. The lowest BCUT2D eigenvalue weighted by atomic mass is 9.98. The van der Waals surface area contributed by atoms with E-state index >= 15 is 0 Å². The lowest BCUT2D eigenvalue weighted by Crippen LogP contribution is -2.42. The summed E-state index contributed by atoms with van der Waals surface area (Å²) in [6, 6.07) is 0. The summed E-state index contributed by atoms with van der Waals surface area (Å²) in [6.45, 7) is 3.27. The molecule has 7 nitrogen and oxygen atoms in total. The second kappa shape index (κ2) is 7.07. The third kappa shape index (κ3) is 3.16. The molecule has 1 atom stereocenters. The van der Waals surface area contributed by atoms with E-state index in [1.54, 1.807) is 16.4 Å². The fourth-order valence-electron chi connectivity index (χ4n) is 4.12. The summed E-state index contributed by atoms with van der Waals surface area (Å²) in [5.74, 6) is -0.739. The van der Waals surface area contributed by atoms with E-state index in [1.165, 1.54) is 11.3 Å². The van der Waals surface area contributed by atoms with E-state index in [4.69, 9.17) is 4.98 Å². The second-order valence-corrected chi connectivity index (χ2v) is 8.46. The van der Waals surface area contributed by atoms with Crippen LogP contribution in [0.4, 0.5) is 0 Å². The number of carbonyl (C=O) groups excluding carboxylic acids is 1. The second-order valence-electron chi connectivity index (χ2n) is 7.46. The Kier molecular flexibility index (Phi) is 4.75. The molecule has 0 spiro atoms. The highest BCUT2D eigenvalue weighted by Crippen LogP contribution is 2.30. The summed E-state index contributed by atoms with van der Waals surface area (Å²) >= 11 is 1.27. The van der Waals surface area contributed by atoms with Crippen LogP contribution in [0.2, 0.25) is 0 Å². The molecule has 0 aliphatic carbocycles. The van der Waals surface area contributed by atoms with Gasteiger partial charge in [-0.1, -0.05) is 6.42 Å². The van der Waals surface area contributed by atoms with Crippen molar-refractivity contribution >= 4 is 33.4 Å². The lowest BCUT2D eigenvalue weighted by molar-refractivity contribution is -0.143. The Morgan fingerprint density at radius 1 is 1.19 bits per heavy atom. The molecular formula is C19H23N3O4S. The minimum absolute atomic E-state index is 0.0493. The molecule has 144 valence electrons. The third-order valence-electron chi connectivity index (χ3n) is 5.66. The number of piperidine rings is 1.